The number of nitrogens with zero attached hydrogens (tertiary/aromatic N) is 2. The zero-order valence-electron chi connectivity index (χ0n) is 10.8. The Kier molecular flexibility index (Phi) is 4.51. The Morgan fingerprint density at radius 1 is 1.30 bits per heavy atom. The lowest BCUT2D eigenvalue weighted by Crippen LogP contribution is -2.09. The SMILES string of the molecule is COc1cnc(C(O)c2ccc(Br)cc2F)c(OC)n1. The maximum Gasteiger partial charge on any atom is 0.241 e. The largest absolute Gasteiger partial charge is 0.480 e. The maximum absolute atomic E-state index is 13.9. The summed E-state index contributed by atoms with van der Waals surface area (Å²) in [6.07, 6.45) is 0.0501. The second-order valence-corrected chi connectivity index (χ2v) is 4.79. The van der Waals surface area contributed by atoms with Gasteiger partial charge in [0.25, 0.3) is 0 Å². The molecule has 0 saturated carbocycles. The number of methoxy groups -OCH3 is 2. The number of aliphatic hydroxyl groups excluding tert-OH is 1. The Bertz CT molecular complexity index is 625. The second kappa shape index (κ2) is 6.15. The molecule has 1 aromatic heterocycles. The quantitative estimate of drug-likeness (QED) is 0.924. The molecule has 1 N–H and O–H groups in total. The molecule has 1 heterocycles. The van der Waals surface area contributed by atoms with Crippen LogP contribution in [0.25, 0.3) is 0 Å². The standard InChI is InChI=1S/C13H12BrFN2O3/c1-19-10-6-16-11(13(17-10)20-2)12(18)8-4-3-7(14)5-9(8)15/h3-6,12,18H,1-2H3. The third kappa shape index (κ3) is 2.88. The van der Waals surface area contributed by atoms with E-state index in [0.717, 1.165) is 0 Å². The van der Waals surface area contributed by atoms with E-state index < -0.39 is 11.9 Å². The summed E-state index contributed by atoms with van der Waals surface area (Å²) < 4.78 is 24.4. The molecular weight excluding hydrogens is 331 g/mol. The predicted octanol–water partition coefficient (Wildman–Crippen LogP) is 2.48. The Balaban J connectivity index is 2.44. The van der Waals surface area contributed by atoms with Gasteiger partial charge in [-0.2, -0.15) is 4.98 Å². The smallest absolute Gasteiger partial charge is 0.241 e. The summed E-state index contributed by atoms with van der Waals surface area (Å²) in [6.45, 7) is 0. The van der Waals surface area contributed by atoms with E-state index >= 15 is 0 Å². The molecule has 5 nitrogen and oxygen atoms in total. The lowest BCUT2D eigenvalue weighted by atomic mass is 10.1. The minimum atomic E-state index is -1.28. The van der Waals surface area contributed by atoms with Crippen molar-refractivity contribution in [1.82, 2.24) is 9.97 Å². The zero-order valence-corrected chi connectivity index (χ0v) is 12.4. The highest BCUT2D eigenvalue weighted by atomic mass is 79.9. The summed E-state index contributed by atoms with van der Waals surface area (Å²) in [5, 5.41) is 10.3. The van der Waals surface area contributed by atoms with Gasteiger partial charge in [0.15, 0.2) is 0 Å². The molecule has 0 bridgehead atoms. The number of aromatic nitrogens is 2. The van der Waals surface area contributed by atoms with Crippen LogP contribution in [0.1, 0.15) is 17.4 Å². The van der Waals surface area contributed by atoms with Gasteiger partial charge in [-0.15, -0.1) is 0 Å². The van der Waals surface area contributed by atoms with E-state index in [1.54, 1.807) is 6.07 Å². The van der Waals surface area contributed by atoms with Gasteiger partial charge in [-0.1, -0.05) is 22.0 Å². The maximum atomic E-state index is 13.9. The molecule has 2 rings (SSSR count). The number of halogens is 2. The van der Waals surface area contributed by atoms with Crippen molar-refractivity contribution >= 4 is 15.9 Å². The minimum absolute atomic E-state index is 0.0826. The van der Waals surface area contributed by atoms with Crippen LogP contribution in [0.3, 0.4) is 0 Å². The fraction of sp³-hybridized carbons (Fsp3) is 0.231. The number of aliphatic hydroxyl groups is 1. The number of ether oxygens (including phenoxy) is 2. The molecule has 0 amide bonds. The van der Waals surface area contributed by atoms with Gasteiger partial charge in [-0.3, -0.25) is 0 Å². The average Bonchev–Trinajstić information content (AvgIpc) is 2.46. The molecule has 1 atom stereocenters. The molecule has 1 unspecified atom stereocenters. The molecule has 2 aromatic rings. The number of benzene rings is 1. The molecule has 1 aromatic carbocycles. The van der Waals surface area contributed by atoms with Crippen molar-refractivity contribution in [3.63, 3.8) is 0 Å². The van der Waals surface area contributed by atoms with E-state index in [4.69, 9.17) is 9.47 Å². The number of hydrogen-bond acceptors (Lipinski definition) is 5. The van der Waals surface area contributed by atoms with Gasteiger partial charge >= 0.3 is 0 Å². The van der Waals surface area contributed by atoms with Crippen LogP contribution in [0.2, 0.25) is 0 Å². The van der Waals surface area contributed by atoms with Crippen LogP contribution in [0.5, 0.6) is 11.8 Å². The van der Waals surface area contributed by atoms with Gasteiger partial charge in [0.05, 0.1) is 20.4 Å². The molecule has 0 saturated heterocycles. The monoisotopic (exact) mass is 342 g/mol. The van der Waals surface area contributed by atoms with Gasteiger partial charge in [0, 0.05) is 10.0 Å². The van der Waals surface area contributed by atoms with E-state index in [9.17, 15) is 9.50 Å². The van der Waals surface area contributed by atoms with Crippen molar-refractivity contribution < 1.29 is 19.0 Å². The highest BCUT2D eigenvalue weighted by Crippen LogP contribution is 2.30. The first-order valence-corrected chi connectivity index (χ1v) is 6.44. The van der Waals surface area contributed by atoms with Gasteiger partial charge in [0.2, 0.25) is 11.8 Å². The number of rotatable bonds is 4. The van der Waals surface area contributed by atoms with E-state index in [0.29, 0.717) is 4.47 Å². The predicted molar refractivity (Wildman–Crippen MR) is 73.3 cm³/mol. The van der Waals surface area contributed by atoms with Crippen LogP contribution < -0.4 is 9.47 Å². The molecule has 106 valence electrons. The third-order valence-electron chi connectivity index (χ3n) is 2.66. The fourth-order valence-corrected chi connectivity index (χ4v) is 2.01. The van der Waals surface area contributed by atoms with Gasteiger partial charge in [-0.25, -0.2) is 9.37 Å². The van der Waals surface area contributed by atoms with Crippen molar-refractivity contribution in [1.29, 1.82) is 0 Å². The Morgan fingerprint density at radius 3 is 2.65 bits per heavy atom. The van der Waals surface area contributed by atoms with Crippen molar-refractivity contribution in [3.8, 4) is 11.8 Å². The Morgan fingerprint density at radius 2 is 2.05 bits per heavy atom. The molecule has 7 heteroatoms. The topological polar surface area (TPSA) is 64.5 Å². The summed E-state index contributed by atoms with van der Waals surface area (Å²) in [4.78, 5) is 8.02. The van der Waals surface area contributed by atoms with Crippen LogP contribution in [-0.4, -0.2) is 29.3 Å². The van der Waals surface area contributed by atoms with Gasteiger partial charge in [-0.05, 0) is 12.1 Å². The van der Waals surface area contributed by atoms with Gasteiger partial charge < -0.3 is 14.6 Å². The van der Waals surface area contributed by atoms with E-state index in [1.165, 1.54) is 32.5 Å². The second-order valence-electron chi connectivity index (χ2n) is 3.88. The molecule has 0 aliphatic heterocycles. The Hall–Kier alpha value is -1.73. The highest BCUT2D eigenvalue weighted by molar-refractivity contribution is 9.10. The molecule has 0 aliphatic carbocycles. The molecule has 0 spiro atoms. The van der Waals surface area contributed by atoms with Gasteiger partial charge in [0.1, 0.15) is 17.6 Å². The fourth-order valence-electron chi connectivity index (χ4n) is 1.67. The minimum Gasteiger partial charge on any atom is -0.480 e. The average molecular weight is 343 g/mol. The van der Waals surface area contributed by atoms with E-state index in [1.807, 2.05) is 0 Å². The van der Waals surface area contributed by atoms with Crippen molar-refractivity contribution in [2.24, 2.45) is 0 Å². The Labute approximate surface area is 123 Å². The molecule has 20 heavy (non-hydrogen) atoms. The lowest BCUT2D eigenvalue weighted by Gasteiger charge is -2.14. The van der Waals surface area contributed by atoms with Crippen molar-refractivity contribution in [2.75, 3.05) is 14.2 Å². The van der Waals surface area contributed by atoms with E-state index in [-0.39, 0.29) is 23.0 Å². The molecule has 0 radical (unpaired) electrons. The van der Waals surface area contributed by atoms with Crippen molar-refractivity contribution in [3.05, 3.63) is 45.9 Å². The molecule has 0 fully saturated rings. The normalized spacial score (nSPS) is 12.1. The summed E-state index contributed by atoms with van der Waals surface area (Å²) in [5.41, 5.74) is 0.209. The first kappa shape index (κ1) is 14.7. The summed E-state index contributed by atoms with van der Waals surface area (Å²) in [6, 6.07) is 4.36. The van der Waals surface area contributed by atoms with Crippen LogP contribution >= 0.6 is 15.9 Å². The van der Waals surface area contributed by atoms with E-state index in [2.05, 4.69) is 25.9 Å². The summed E-state index contributed by atoms with van der Waals surface area (Å²) in [5.74, 6) is -0.222. The van der Waals surface area contributed by atoms with Crippen LogP contribution in [0, 0.1) is 5.82 Å². The third-order valence-corrected chi connectivity index (χ3v) is 3.16. The van der Waals surface area contributed by atoms with Crippen LogP contribution in [-0.2, 0) is 0 Å². The zero-order chi connectivity index (χ0) is 14.7. The number of hydrogen-bond donors (Lipinski definition) is 1. The van der Waals surface area contributed by atoms with Crippen LogP contribution in [0.15, 0.2) is 28.9 Å². The van der Waals surface area contributed by atoms with Crippen LogP contribution in [0.4, 0.5) is 4.39 Å². The molecular formula is C13H12BrFN2O3. The summed E-state index contributed by atoms with van der Waals surface area (Å²) in [7, 11) is 2.82. The first-order chi connectivity index (χ1) is 9.56. The molecule has 0 aliphatic rings. The van der Waals surface area contributed by atoms with Crippen molar-refractivity contribution in [2.45, 2.75) is 6.10 Å². The summed E-state index contributed by atoms with van der Waals surface area (Å²) >= 11 is 3.16. The lowest BCUT2D eigenvalue weighted by molar-refractivity contribution is 0.201. The highest BCUT2D eigenvalue weighted by Gasteiger charge is 2.22. The first-order valence-electron chi connectivity index (χ1n) is 5.64.